The van der Waals surface area contributed by atoms with E-state index < -0.39 is 10.2 Å². The first-order valence-electron chi connectivity index (χ1n) is 4.51. The second-order valence-corrected chi connectivity index (χ2v) is 5.29. The smallest absolute Gasteiger partial charge is 0.298 e. The van der Waals surface area contributed by atoms with E-state index in [1.807, 2.05) is 0 Å². The molecule has 0 radical (unpaired) electrons. The van der Waals surface area contributed by atoms with Crippen molar-refractivity contribution < 1.29 is 8.42 Å². The molecule has 88 valence electrons. The largest absolute Gasteiger partial charge is 0.393 e. The Kier molecular flexibility index (Phi) is 4.22. The predicted octanol–water partition coefficient (Wildman–Crippen LogP) is 0.391. The Hall–Kier alpha value is -1.18. The molecule has 0 saturated heterocycles. The topological polar surface area (TPSA) is 84.2 Å². The summed E-state index contributed by atoms with van der Waals surface area (Å²) in [6.45, 7) is 0. The molecular formula is C9H13N3O2S2. The summed E-state index contributed by atoms with van der Waals surface area (Å²) in [5.74, 6) is 0. The van der Waals surface area contributed by atoms with Crippen molar-refractivity contribution in [3.63, 3.8) is 0 Å². The van der Waals surface area contributed by atoms with Crippen LogP contribution in [0.1, 0.15) is 5.56 Å². The van der Waals surface area contributed by atoms with E-state index in [1.165, 1.54) is 7.05 Å². The lowest BCUT2D eigenvalue weighted by Gasteiger charge is -2.07. The molecule has 7 heteroatoms. The normalized spacial score (nSPS) is 11.1. The van der Waals surface area contributed by atoms with Crippen LogP contribution < -0.4 is 15.2 Å². The highest BCUT2D eigenvalue weighted by Gasteiger charge is 2.05. The maximum Gasteiger partial charge on any atom is 0.298 e. The highest BCUT2D eigenvalue weighted by Crippen LogP contribution is 2.11. The maximum absolute atomic E-state index is 11.2. The number of hydrogen-bond donors (Lipinski definition) is 3. The van der Waals surface area contributed by atoms with Gasteiger partial charge >= 0.3 is 0 Å². The second kappa shape index (κ2) is 5.24. The molecule has 0 heterocycles. The van der Waals surface area contributed by atoms with Crippen LogP contribution in [0.25, 0.3) is 0 Å². The van der Waals surface area contributed by atoms with Gasteiger partial charge in [-0.25, -0.2) is 4.72 Å². The molecule has 0 bridgehead atoms. The standard InChI is InChI=1S/C9H13N3O2S2/c1-11-16(13,14)12-8-4-2-7(3-5-8)6-9(10)15/h2-5,11-12H,6H2,1H3,(H2,10,15). The lowest BCUT2D eigenvalue weighted by atomic mass is 10.1. The summed E-state index contributed by atoms with van der Waals surface area (Å²) in [5, 5.41) is 0. The molecule has 5 nitrogen and oxygen atoms in total. The second-order valence-electron chi connectivity index (χ2n) is 3.15. The fourth-order valence-electron chi connectivity index (χ4n) is 1.10. The van der Waals surface area contributed by atoms with Gasteiger partial charge in [-0.15, -0.1) is 0 Å². The summed E-state index contributed by atoms with van der Waals surface area (Å²) in [4.78, 5) is 0.406. The van der Waals surface area contributed by atoms with Gasteiger partial charge in [0.1, 0.15) is 0 Å². The fourth-order valence-corrected chi connectivity index (χ4v) is 1.81. The minimum Gasteiger partial charge on any atom is -0.393 e. The Labute approximate surface area is 100 Å². The van der Waals surface area contributed by atoms with E-state index in [0.29, 0.717) is 17.1 Å². The van der Waals surface area contributed by atoms with Gasteiger partial charge in [0.2, 0.25) is 0 Å². The van der Waals surface area contributed by atoms with Crippen LogP contribution in [0.2, 0.25) is 0 Å². The molecule has 0 saturated carbocycles. The number of nitrogens with two attached hydrogens (primary N) is 1. The lowest BCUT2D eigenvalue weighted by molar-refractivity contribution is 0.593. The molecule has 4 N–H and O–H groups in total. The molecule has 0 atom stereocenters. The van der Waals surface area contributed by atoms with Gasteiger partial charge in [0.25, 0.3) is 10.2 Å². The summed E-state index contributed by atoms with van der Waals surface area (Å²) in [5.41, 5.74) is 6.83. The first-order chi connectivity index (χ1) is 7.43. The molecule has 1 aromatic carbocycles. The van der Waals surface area contributed by atoms with Gasteiger partial charge in [0.05, 0.1) is 4.99 Å². The zero-order chi connectivity index (χ0) is 12.2. The Balaban J connectivity index is 2.76. The number of rotatable bonds is 5. The first-order valence-corrected chi connectivity index (χ1v) is 6.40. The third-order valence-corrected chi connectivity index (χ3v) is 3.04. The summed E-state index contributed by atoms with van der Waals surface area (Å²) in [7, 11) is -2.12. The average molecular weight is 259 g/mol. The monoisotopic (exact) mass is 259 g/mol. The van der Waals surface area contributed by atoms with Gasteiger partial charge in [-0.2, -0.15) is 8.42 Å². The zero-order valence-corrected chi connectivity index (χ0v) is 10.4. The van der Waals surface area contributed by atoms with Crippen LogP contribution in [0.15, 0.2) is 24.3 Å². The van der Waals surface area contributed by atoms with Crippen molar-refractivity contribution in [2.24, 2.45) is 5.73 Å². The predicted molar refractivity (Wildman–Crippen MR) is 68.5 cm³/mol. The Morgan fingerprint density at radius 1 is 1.38 bits per heavy atom. The summed E-state index contributed by atoms with van der Waals surface area (Å²) in [6, 6.07) is 6.85. The average Bonchev–Trinajstić information content (AvgIpc) is 2.20. The molecule has 0 aliphatic heterocycles. The van der Waals surface area contributed by atoms with Gasteiger partial charge in [0, 0.05) is 19.2 Å². The summed E-state index contributed by atoms with van der Waals surface area (Å²) >= 11 is 4.77. The van der Waals surface area contributed by atoms with Gasteiger partial charge in [-0.1, -0.05) is 24.4 Å². The molecule has 0 aliphatic rings. The molecule has 0 aromatic heterocycles. The van der Waals surface area contributed by atoms with Gasteiger partial charge in [0.15, 0.2) is 0 Å². The maximum atomic E-state index is 11.2. The summed E-state index contributed by atoms with van der Waals surface area (Å²) in [6.07, 6.45) is 0.508. The van der Waals surface area contributed by atoms with Crippen LogP contribution in [0.5, 0.6) is 0 Å². The van der Waals surface area contributed by atoms with E-state index in [-0.39, 0.29) is 0 Å². The van der Waals surface area contributed by atoms with Crippen molar-refractivity contribution in [3.8, 4) is 0 Å². The van der Waals surface area contributed by atoms with E-state index in [1.54, 1.807) is 24.3 Å². The van der Waals surface area contributed by atoms with Crippen molar-refractivity contribution in [1.29, 1.82) is 0 Å². The van der Waals surface area contributed by atoms with Crippen molar-refractivity contribution in [2.45, 2.75) is 6.42 Å². The number of thiocarbonyl (C=S) groups is 1. The third-order valence-electron chi connectivity index (χ3n) is 1.85. The molecule has 0 aliphatic carbocycles. The van der Waals surface area contributed by atoms with Crippen molar-refractivity contribution in [3.05, 3.63) is 29.8 Å². The van der Waals surface area contributed by atoms with Gasteiger partial charge < -0.3 is 5.73 Å². The fraction of sp³-hybridized carbons (Fsp3) is 0.222. The molecule has 0 fully saturated rings. The summed E-state index contributed by atoms with van der Waals surface area (Å²) < 4.78 is 26.8. The van der Waals surface area contributed by atoms with E-state index in [4.69, 9.17) is 18.0 Å². The Bertz CT molecular complexity index is 468. The molecule has 0 unspecified atom stereocenters. The molecular weight excluding hydrogens is 246 g/mol. The number of anilines is 1. The number of hydrogen-bond acceptors (Lipinski definition) is 3. The minimum atomic E-state index is -3.46. The first kappa shape index (κ1) is 12.9. The van der Waals surface area contributed by atoms with Crippen LogP contribution in [-0.4, -0.2) is 20.5 Å². The minimum absolute atomic E-state index is 0.406. The van der Waals surface area contributed by atoms with Crippen LogP contribution >= 0.6 is 12.2 Å². The number of benzene rings is 1. The quantitative estimate of drug-likeness (QED) is 0.668. The van der Waals surface area contributed by atoms with E-state index in [9.17, 15) is 8.42 Å². The number of nitrogens with one attached hydrogen (secondary N) is 2. The SMILES string of the molecule is CNS(=O)(=O)Nc1ccc(CC(N)=S)cc1. The molecule has 1 aromatic rings. The molecule has 0 amide bonds. The highest BCUT2D eigenvalue weighted by molar-refractivity contribution is 7.90. The highest BCUT2D eigenvalue weighted by atomic mass is 32.2. The van der Waals surface area contributed by atoms with Crippen LogP contribution in [0.4, 0.5) is 5.69 Å². The van der Waals surface area contributed by atoms with Crippen LogP contribution in [-0.2, 0) is 16.6 Å². The van der Waals surface area contributed by atoms with Crippen molar-refractivity contribution in [1.82, 2.24) is 4.72 Å². The van der Waals surface area contributed by atoms with Gasteiger partial charge in [-0.05, 0) is 17.7 Å². The van der Waals surface area contributed by atoms with Crippen molar-refractivity contribution in [2.75, 3.05) is 11.8 Å². The van der Waals surface area contributed by atoms with Gasteiger partial charge in [-0.3, -0.25) is 4.72 Å². The van der Waals surface area contributed by atoms with E-state index in [0.717, 1.165) is 5.56 Å². The third kappa shape index (κ3) is 4.13. The Morgan fingerprint density at radius 3 is 2.38 bits per heavy atom. The van der Waals surface area contributed by atoms with Crippen LogP contribution in [0.3, 0.4) is 0 Å². The molecule has 16 heavy (non-hydrogen) atoms. The zero-order valence-electron chi connectivity index (χ0n) is 8.73. The lowest BCUT2D eigenvalue weighted by Crippen LogP contribution is -2.26. The van der Waals surface area contributed by atoms with E-state index >= 15 is 0 Å². The molecule has 0 spiro atoms. The molecule has 1 rings (SSSR count). The Morgan fingerprint density at radius 2 is 1.94 bits per heavy atom. The van der Waals surface area contributed by atoms with Crippen molar-refractivity contribution >= 4 is 33.1 Å². The van der Waals surface area contributed by atoms with Crippen LogP contribution in [0, 0.1) is 0 Å². The van der Waals surface area contributed by atoms with E-state index in [2.05, 4.69) is 9.44 Å².